The first kappa shape index (κ1) is 24.1. The van der Waals surface area contributed by atoms with Crippen LogP contribution in [0.3, 0.4) is 0 Å². The number of aromatic nitrogens is 2. The molecule has 33 heavy (non-hydrogen) atoms. The summed E-state index contributed by atoms with van der Waals surface area (Å²) in [6.07, 6.45) is 0.705. The number of aryl methyl sites for hydroxylation is 1. The zero-order chi connectivity index (χ0) is 23.8. The van der Waals surface area contributed by atoms with Crippen LogP contribution >= 0.6 is 11.8 Å². The van der Waals surface area contributed by atoms with Gasteiger partial charge in [-0.25, -0.2) is 4.79 Å². The van der Waals surface area contributed by atoms with Crippen LogP contribution in [0.2, 0.25) is 0 Å². The van der Waals surface area contributed by atoms with E-state index in [-0.39, 0.29) is 5.91 Å². The lowest BCUT2D eigenvalue weighted by molar-refractivity contribution is -0.115. The Morgan fingerprint density at radius 2 is 1.85 bits per heavy atom. The number of amides is 1. The lowest BCUT2D eigenvalue weighted by atomic mass is 10.1. The summed E-state index contributed by atoms with van der Waals surface area (Å²) in [5.74, 6) is -0.383. The summed E-state index contributed by atoms with van der Waals surface area (Å²) >= 11 is 1.16. The number of carbonyl (C=O) groups excluding carboxylic acids is 2. The molecule has 0 bridgehead atoms. The molecule has 2 aromatic carbocycles. The van der Waals surface area contributed by atoms with Gasteiger partial charge in [-0.1, -0.05) is 42.1 Å². The Hall–Kier alpha value is -3.59. The molecule has 0 spiro atoms. The summed E-state index contributed by atoms with van der Waals surface area (Å²) in [5.41, 5.74) is 7.72. The minimum atomic E-state index is -0.550. The Kier molecular flexibility index (Phi) is 8.26. The number of nitrogen functional groups attached to an aromatic ring is 1. The van der Waals surface area contributed by atoms with Crippen LogP contribution in [0, 0.1) is 0 Å². The Balaban J connectivity index is 1.68. The highest BCUT2D eigenvalue weighted by molar-refractivity contribution is 8.00. The van der Waals surface area contributed by atoms with Crippen LogP contribution in [0.25, 0.3) is 0 Å². The normalized spacial score (nSPS) is 11.6. The predicted molar refractivity (Wildman–Crippen MR) is 129 cm³/mol. The molecule has 1 amide bonds. The third kappa shape index (κ3) is 6.69. The second-order valence-corrected chi connectivity index (χ2v) is 8.54. The lowest BCUT2D eigenvalue weighted by Crippen LogP contribution is -2.25. The van der Waals surface area contributed by atoms with E-state index < -0.39 is 16.8 Å². The molecule has 172 valence electrons. The SMILES string of the molecule is CCOC(=O)c1ccc(NC(=O)[C@H](C)Sc2nc(=O)cc(N)n2CCc2ccccc2)cc1. The molecule has 0 aliphatic carbocycles. The van der Waals surface area contributed by atoms with Crippen LogP contribution in [0.15, 0.2) is 70.6 Å². The molecule has 3 rings (SSSR count). The van der Waals surface area contributed by atoms with Gasteiger partial charge in [0.25, 0.3) is 5.56 Å². The van der Waals surface area contributed by atoms with E-state index in [1.807, 2.05) is 30.3 Å². The maximum Gasteiger partial charge on any atom is 0.338 e. The van der Waals surface area contributed by atoms with E-state index in [0.29, 0.717) is 41.8 Å². The first-order valence-corrected chi connectivity index (χ1v) is 11.4. The van der Waals surface area contributed by atoms with Crippen molar-refractivity contribution in [1.82, 2.24) is 9.55 Å². The van der Waals surface area contributed by atoms with Crippen LogP contribution in [0.5, 0.6) is 0 Å². The number of hydrogen-bond donors (Lipinski definition) is 2. The summed E-state index contributed by atoms with van der Waals surface area (Å²) < 4.78 is 6.70. The number of anilines is 2. The van der Waals surface area contributed by atoms with Crippen molar-refractivity contribution in [3.8, 4) is 0 Å². The highest BCUT2D eigenvalue weighted by Gasteiger charge is 2.19. The molecule has 0 saturated heterocycles. The van der Waals surface area contributed by atoms with Crippen LogP contribution in [0.4, 0.5) is 11.5 Å². The first-order chi connectivity index (χ1) is 15.9. The van der Waals surface area contributed by atoms with E-state index in [4.69, 9.17) is 10.5 Å². The highest BCUT2D eigenvalue weighted by Crippen LogP contribution is 2.24. The minimum Gasteiger partial charge on any atom is -0.462 e. The Bertz CT molecular complexity index is 1160. The standard InChI is InChI=1S/C24H26N4O4S/c1-3-32-23(31)18-9-11-19(12-10-18)26-22(30)16(2)33-24-27-21(29)15-20(25)28(24)14-13-17-7-5-4-6-8-17/h4-12,15-16H,3,13-14,25H2,1-2H3,(H,26,30)/t16-/m0/s1. The smallest absolute Gasteiger partial charge is 0.338 e. The number of benzene rings is 2. The number of rotatable bonds is 9. The molecule has 0 saturated carbocycles. The minimum absolute atomic E-state index is 0.268. The molecule has 0 fully saturated rings. The zero-order valence-electron chi connectivity index (χ0n) is 18.5. The molecule has 0 radical (unpaired) electrons. The van der Waals surface area contributed by atoms with Crippen molar-refractivity contribution in [1.29, 1.82) is 0 Å². The Labute approximate surface area is 196 Å². The second-order valence-electron chi connectivity index (χ2n) is 7.24. The summed E-state index contributed by atoms with van der Waals surface area (Å²) in [4.78, 5) is 40.5. The van der Waals surface area contributed by atoms with Crippen molar-refractivity contribution in [2.75, 3.05) is 17.7 Å². The van der Waals surface area contributed by atoms with E-state index >= 15 is 0 Å². The number of ether oxygens (including phenoxy) is 1. The fraction of sp³-hybridized carbons (Fsp3) is 0.250. The van der Waals surface area contributed by atoms with Gasteiger partial charge in [-0.2, -0.15) is 4.98 Å². The van der Waals surface area contributed by atoms with Crippen LogP contribution in [-0.4, -0.2) is 33.3 Å². The number of hydrogen-bond acceptors (Lipinski definition) is 7. The molecule has 0 unspecified atom stereocenters. The summed E-state index contributed by atoms with van der Waals surface area (Å²) in [6, 6.07) is 17.6. The molecule has 3 aromatic rings. The van der Waals surface area contributed by atoms with Crippen molar-refractivity contribution in [3.63, 3.8) is 0 Å². The molecule has 0 aliphatic rings. The van der Waals surface area contributed by atoms with Gasteiger partial charge in [-0.05, 0) is 50.1 Å². The molecular formula is C24H26N4O4S. The average molecular weight is 467 g/mol. The number of nitrogens with zero attached hydrogens (tertiary/aromatic N) is 2. The van der Waals surface area contributed by atoms with Crippen LogP contribution < -0.4 is 16.6 Å². The fourth-order valence-corrected chi connectivity index (χ4v) is 4.01. The van der Waals surface area contributed by atoms with E-state index in [9.17, 15) is 14.4 Å². The van der Waals surface area contributed by atoms with E-state index in [2.05, 4.69) is 10.3 Å². The topological polar surface area (TPSA) is 116 Å². The number of esters is 1. The predicted octanol–water partition coefficient (Wildman–Crippen LogP) is 3.36. The number of nitrogens with two attached hydrogens (primary N) is 1. The van der Waals surface area contributed by atoms with Crippen LogP contribution in [-0.2, 0) is 22.5 Å². The van der Waals surface area contributed by atoms with Crippen molar-refractivity contribution in [2.24, 2.45) is 0 Å². The number of thioether (sulfide) groups is 1. The van der Waals surface area contributed by atoms with Crippen molar-refractivity contribution >= 4 is 35.1 Å². The summed E-state index contributed by atoms with van der Waals surface area (Å²) in [6.45, 7) is 4.28. The number of carbonyl (C=O) groups is 2. The molecule has 9 heteroatoms. The molecular weight excluding hydrogens is 440 g/mol. The molecule has 1 aromatic heterocycles. The highest BCUT2D eigenvalue weighted by atomic mass is 32.2. The molecule has 3 N–H and O–H groups in total. The Morgan fingerprint density at radius 3 is 2.52 bits per heavy atom. The van der Waals surface area contributed by atoms with E-state index in [1.165, 1.54) is 6.07 Å². The summed E-state index contributed by atoms with van der Waals surface area (Å²) in [7, 11) is 0. The largest absolute Gasteiger partial charge is 0.462 e. The van der Waals surface area contributed by atoms with Crippen LogP contribution in [0.1, 0.15) is 29.8 Å². The van der Waals surface area contributed by atoms with Crippen molar-refractivity contribution in [3.05, 3.63) is 82.1 Å². The molecule has 0 aliphatic heterocycles. The fourth-order valence-electron chi connectivity index (χ4n) is 3.06. The van der Waals surface area contributed by atoms with Gasteiger partial charge >= 0.3 is 5.97 Å². The first-order valence-electron chi connectivity index (χ1n) is 10.5. The quantitative estimate of drug-likeness (QED) is 0.282. The lowest BCUT2D eigenvalue weighted by Gasteiger charge is -2.17. The van der Waals surface area contributed by atoms with Gasteiger partial charge < -0.3 is 20.4 Å². The monoisotopic (exact) mass is 466 g/mol. The van der Waals surface area contributed by atoms with Crippen molar-refractivity contribution < 1.29 is 14.3 Å². The van der Waals surface area contributed by atoms with Gasteiger partial charge in [0.2, 0.25) is 5.91 Å². The zero-order valence-corrected chi connectivity index (χ0v) is 19.3. The average Bonchev–Trinajstić information content (AvgIpc) is 2.79. The van der Waals surface area contributed by atoms with Gasteiger partial charge in [0, 0.05) is 18.3 Å². The number of nitrogens with one attached hydrogen (secondary N) is 1. The van der Waals surface area contributed by atoms with E-state index in [1.54, 1.807) is 42.7 Å². The molecule has 1 atom stereocenters. The van der Waals surface area contributed by atoms with Crippen molar-refractivity contribution in [2.45, 2.75) is 37.2 Å². The van der Waals surface area contributed by atoms with Gasteiger partial charge in [0.05, 0.1) is 17.4 Å². The molecule has 8 nitrogen and oxygen atoms in total. The maximum atomic E-state index is 12.7. The van der Waals surface area contributed by atoms with Gasteiger partial charge in [-0.3, -0.25) is 9.59 Å². The third-order valence-corrected chi connectivity index (χ3v) is 5.89. The van der Waals surface area contributed by atoms with E-state index in [0.717, 1.165) is 17.3 Å². The maximum absolute atomic E-state index is 12.7. The second kappa shape index (κ2) is 11.3. The summed E-state index contributed by atoms with van der Waals surface area (Å²) in [5, 5.41) is 2.64. The van der Waals surface area contributed by atoms with Gasteiger partial charge in [-0.15, -0.1) is 0 Å². The van der Waals surface area contributed by atoms with Gasteiger partial charge in [0.15, 0.2) is 5.16 Å². The third-order valence-electron chi connectivity index (χ3n) is 4.80. The Morgan fingerprint density at radius 1 is 1.15 bits per heavy atom. The molecule has 1 heterocycles. The van der Waals surface area contributed by atoms with Gasteiger partial charge in [0.1, 0.15) is 5.82 Å².